The Hall–Kier alpha value is -3.76. The number of sulfonamides is 1. The van der Waals surface area contributed by atoms with Crippen LogP contribution in [0, 0.1) is 6.92 Å². The molecule has 180 valence electrons. The normalized spacial score (nSPS) is 15.9. The molecular formula is C25H25N5O4S. The van der Waals surface area contributed by atoms with E-state index in [0.717, 1.165) is 23.8 Å². The molecule has 5 rings (SSSR count). The Balaban J connectivity index is 1.51. The van der Waals surface area contributed by atoms with Gasteiger partial charge in [0.2, 0.25) is 21.9 Å². The van der Waals surface area contributed by atoms with Gasteiger partial charge in [-0.2, -0.15) is 0 Å². The lowest BCUT2D eigenvalue weighted by atomic mass is 10.0. The lowest BCUT2D eigenvalue weighted by molar-refractivity contribution is 0.127. The van der Waals surface area contributed by atoms with Gasteiger partial charge in [-0.3, -0.25) is 4.72 Å². The summed E-state index contributed by atoms with van der Waals surface area (Å²) in [5.41, 5.74) is 8.36. The minimum atomic E-state index is -3.59. The van der Waals surface area contributed by atoms with E-state index in [9.17, 15) is 8.42 Å². The maximum absolute atomic E-state index is 12.8. The summed E-state index contributed by atoms with van der Waals surface area (Å²) in [5.74, 6) is 1.01. The number of fused-ring (bicyclic) bond motifs is 1. The highest BCUT2D eigenvalue weighted by molar-refractivity contribution is 7.92. The highest BCUT2D eigenvalue weighted by Gasteiger charge is 2.24. The fourth-order valence-corrected chi connectivity index (χ4v) is 5.53. The van der Waals surface area contributed by atoms with Crippen molar-refractivity contribution in [1.29, 1.82) is 0 Å². The SMILES string of the molecule is Cc1ccc2c(NS(=O)(=O)CC3CCCO3)cccc2c1Oc1ncccc1-c1ccnc(N)n1. The third-order valence-corrected chi connectivity index (χ3v) is 7.17. The van der Waals surface area contributed by atoms with Gasteiger partial charge in [-0.15, -0.1) is 0 Å². The van der Waals surface area contributed by atoms with Gasteiger partial charge in [0.25, 0.3) is 0 Å². The molecule has 0 spiro atoms. The number of nitrogens with zero attached hydrogens (tertiary/aromatic N) is 3. The van der Waals surface area contributed by atoms with Crippen LogP contribution < -0.4 is 15.2 Å². The number of nitrogen functional groups attached to an aromatic ring is 1. The van der Waals surface area contributed by atoms with E-state index >= 15 is 0 Å². The Bertz CT molecular complexity index is 1490. The molecule has 9 nitrogen and oxygen atoms in total. The molecule has 2 aromatic heterocycles. The van der Waals surface area contributed by atoms with Gasteiger partial charge in [0.15, 0.2) is 0 Å². The van der Waals surface area contributed by atoms with E-state index in [1.165, 1.54) is 0 Å². The van der Waals surface area contributed by atoms with E-state index in [0.29, 0.717) is 40.6 Å². The molecule has 0 bridgehead atoms. The van der Waals surface area contributed by atoms with Crippen LogP contribution in [-0.4, -0.2) is 41.8 Å². The fourth-order valence-electron chi connectivity index (χ4n) is 4.18. The molecule has 3 N–H and O–H groups in total. The van der Waals surface area contributed by atoms with Crippen LogP contribution in [0.2, 0.25) is 0 Å². The van der Waals surface area contributed by atoms with Crippen molar-refractivity contribution >= 4 is 32.4 Å². The zero-order valence-corrected chi connectivity index (χ0v) is 20.0. The van der Waals surface area contributed by atoms with Crippen LogP contribution in [-0.2, 0) is 14.8 Å². The van der Waals surface area contributed by atoms with Crippen LogP contribution >= 0.6 is 0 Å². The number of anilines is 2. The van der Waals surface area contributed by atoms with Crippen molar-refractivity contribution in [3.63, 3.8) is 0 Å². The molecule has 1 fully saturated rings. The third-order valence-electron chi connectivity index (χ3n) is 5.82. The van der Waals surface area contributed by atoms with Gasteiger partial charge in [0.1, 0.15) is 5.75 Å². The number of ether oxygens (including phenoxy) is 2. The number of nitrogens with one attached hydrogen (secondary N) is 1. The summed E-state index contributed by atoms with van der Waals surface area (Å²) >= 11 is 0. The third kappa shape index (κ3) is 5.03. The predicted octanol–water partition coefficient (Wildman–Crippen LogP) is 4.30. The van der Waals surface area contributed by atoms with E-state index in [2.05, 4.69) is 19.7 Å². The fraction of sp³-hybridized carbons (Fsp3) is 0.240. The molecule has 1 saturated heterocycles. The van der Waals surface area contributed by atoms with Crippen molar-refractivity contribution in [2.45, 2.75) is 25.9 Å². The van der Waals surface area contributed by atoms with Crippen molar-refractivity contribution in [3.8, 4) is 22.9 Å². The van der Waals surface area contributed by atoms with E-state index in [-0.39, 0.29) is 17.8 Å². The van der Waals surface area contributed by atoms with Crippen molar-refractivity contribution in [1.82, 2.24) is 15.0 Å². The zero-order chi connectivity index (χ0) is 24.4. The van der Waals surface area contributed by atoms with Gasteiger partial charge in [-0.05, 0) is 49.6 Å². The van der Waals surface area contributed by atoms with Gasteiger partial charge in [0.05, 0.1) is 28.8 Å². The lowest BCUT2D eigenvalue weighted by Crippen LogP contribution is -2.25. The Labute approximate surface area is 203 Å². The average molecular weight is 492 g/mol. The number of nitrogens with two attached hydrogens (primary N) is 1. The lowest BCUT2D eigenvalue weighted by Gasteiger charge is -2.17. The number of aryl methyl sites for hydroxylation is 1. The maximum Gasteiger partial charge on any atom is 0.235 e. The van der Waals surface area contributed by atoms with Crippen LogP contribution in [0.25, 0.3) is 22.0 Å². The molecule has 1 aliphatic rings. The maximum atomic E-state index is 12.8. The van der Waals surface area contributed by atoms with Crippen molar-refractivity contribution < 1.29 is 17.9 Å². The molecule has 0 radical (unpaired) electrons. The first-order chi connectivity index (χ1) is 16.9. The minimum absolute atomic E-state index is 0.0715. The molecule has 10 heteroatoms. The second-order valence-electron chi connectivity index (χ2n) is 8.39. The molecule has 0 saturated carbocycles. The average Bonchev–Trinajstić information content (AvgIpc) is 3.33. The summed E-state index contributed by atoms with van der Waals surface area (Å²) < 4.78 is 40.2. The molecule has 0 amide bonds. The van der Waals surface area contributed by atoms with Crippen LogP contribution in [0.1, 0.15) is 18.4 Å². The van der Waals surface area contributed by atoms with Crippen molar-refractivity contribution in [2.75, 3.05) is 22.8 Å². The van der Waals surface area contributed by atoms with E-state index in [4.69, 9.17) is 15.2 Å². The first kappa shape index (κ1) is 23.0. The van der Waals surface area contributed by atoms with Gasteiger partial charge in [-0.25, -0.2) is 23.4 Å². The zero-order valence-electron chi connectivity index (χ0n) is 19.1. The monoisotopic (exact) mass is 491 g/mol. The standard InChI is InChI=1S/C25H25N5O4S/c1-16-9-10-18-19(6-2-8-22(18)30-35(31,32)15-17-5-4-14-33-17)23(16)34-24-20(7-3-12-27-24)21-11-13-28-25(26)29-21/h2-3,6-13,17,30H,4-5,14-15H2,1H3,(H2,26,28,29). The second kappa shape index (κ2) is 9.47. The van der Waals surface area contributed by atoms with E-state index in [1.807, 2.05) is 31.2 Å². The molecule has 1 aliphatic heterocycles. The highest BCUT2D eigenvalue weighted by Crippen LogP contribution is 2.38. The smallest absolute Gasteiger partial charge is 0.235 e. The van der Waals surface area contributed by atoms with Gasteiger partial charge < -0.3 is 15.2 Å². The number of pyridine rings is 1. The molecule has 2 aromatic carbocycles. The summed E-state index contributed by atoms with van der Waals surface area (Å²) in [6.07, 6.45) is 4.56. The molecule has 0 aliphatic carbocycles. The van der Waals surface area contributed by atoms with Crippen molar-refractivity contribution in [2.24, 2.45) is 0 Å². The Morgan fingerprint density at radius 2 is 1.97 bits per heavy atom. The van der Waals surface area contributed by atoms with Gasteiger partial charge >= 0.3 is 0 Å². The molecular weight excluding hydrogens is 466 g/mol. The Morgan fingerprint density at radius 1 is 1.09 bits per heavy atom. The summed E-state index contributed by atoms with van der Waals surface area (Å²) in [4.78, 5) is 12.7. The summed E-state index contributed by atoms with van der Waals surface area (Å²) in [6, 6.07) is 14.6. The number of hydrogen-bond acceptors (Lipinski definition) is 8. The first-order valence-electron chi connectivity index (χ1n) is 11.3. The van der Waals surface area contributed by atoms with Crippen molar-refractivity contribution in [3.05, 3.63) is 66.5 Å². The highest BCUT2D eigenvalue weighted by atomic mass is 32.2. The number of benzene rings is 2. The number of rotatable bonds is 7. The quantitative estimate of drug-likeness (QED) is 0.392. The van der Waals surface area contributed by atoms with Crippen LogP contribution in [0.3, 0.4) is 0 Å². The predicted molar refractivity (Wildman–Crippen MR) is 135 cm³/mol. The van der Waals surface area contributed by atoms with E-state index < -0.39 is 10.0 Å². The van der Waals surface area contributed by atoms with Crippen LogP contribution in [0.4, 0.5) is 11.6 Å². The van der Waals surface area contributed by atoms with Gasteiger partial charge in [-0.1, -0.05) is 24.3 Å². The molecule has 1 unspecified atom stereocenters. The molecule has 4 aromatic rings. The number of aromatic nitrogens is 3. The van der Waals surface area contributed by atoms with E-state index in [1.54, 1.807) is 36.7 Å². The first-order valence-corrected chi connectivity index (χ1v) is 12.9. The summed E-state index contributed by atoms with van der Waals surface area (Å²) in [6.45, 7) is 2.53. The van der Waals surface area contributed by atoms with Crippen LogP contribution in [0.5, 0.6) is 11.6 Å². The Morgan fingerprint density at radius 3 is 2.77 bits per heavy atom. The van der Waals surface area contributed by atoms with Crippen LogP contribution in [0.15, 0.2) is 60.9 Å². The summed E-state index contributed by atoms with van der Waals surface area (Å²) in [5, 5.41) is 1.47. The Kier molecular flexibility index (Phi) is 6.23. The number of hydrogen-bond donors (Lipinski definition) is 2. The minimum Gasteiger partial charge on any atom is -0.437 e. The molecule has 35 heavy (non-hydrogen) atoms. The largest absolute Gasteiger partial charge is 0.437 e. The summed E-state index contributed by atoms with van der Waals surface area (Å²) in [7, 11) is -3.59. The molecule has 1 atom stereocenters. The topological polar surface area (TPSA) is 129 Å². The second-order valence-corrected chi connectivity index (χ2v) is 10.2. The van der Waals surface area contributed by atoms with Gasteiger partial charge in [0, 0.05) is 29.8 Å². The molecule has 3 heterocycles.